The van der Waals surface area contributed by atoms with Gasteiger partial charge in [-0.3, -0.25) is 19.0 Å². The first-order valence-electron chi connectivity index (χ1n) is 4.75. The lowest BCUT2D eigenvalue weighted by atomic mass is 10.3. The van der Waals surface area contributed by atoms with Gasteiger partial charge in [0.05, 0.1) is 23.4 Å². The van der Waals surface area contributed by atoms with Gasteiger partial charge in [0.1, 0.15) is 5.52 Å². The van der Waals surface area contributed by atoms with E-state index in [4.69, 9.17) is 0 Å². The number of nitrogens with zero attached hydrogens (tertiary/aromatic N) is 2. The average molecular weight is 213 g/mol. The molecule has 0 amide bonds. The Bertz CT molecular complexity index is 799. The minimum absolute atomic E-state index is 0.256. The zero-order valence-electron chi connectivity index (χ0n) is 8.18. The molecule has 0 radical (unpaired) electrons. The number of H-pyrrole nitrogens is 1. The van der Waals surface area contributed by atoms with Crippen molar-refractivity contribution in [2.24, 2.45) is 0 Å². The molecule has 0 aliphatic carbocycles. The predicted molar refractivity (Wildman–Crippen MR) is 59.6 cm³/mol. The molecule has 16 heavy (non-hydrogen) atoms. The SMILES string of the molecule is O=c1[nH]c2ccccc2n2c(=O)cncc12. The van der Waals surface area contributed by atoms with Gasteiger partial charge >= 0.3 is 0 Å². The molecule has 0 atom stereocenters. The molecule has 2 aromatic heterocycles. The van der Waals surface area contributed by atoms with Crippen LogP contribution in [0.1, 0.15) is 0 Å². The minimum Gasteiger partial charge on any atom is -0.319 e. The van der Waals surface area contributed by atoms with Crippen LogP contribution in [0.15, 0.2) is 46.2 Å². The zero-order valence-corrected chi connectivity index (χ0v) is 8.18. The van der Waals surface area contributed by atoms with Gasteiger partial charge in [0.25, 0.3) is 11.1 Å². The smallest absolute Gasteiger partial charge is 0.274 e. The molecule has 0 spiro atoms. The third kappa shape index (κ3) is 1.08. The maximum absolute atomic E-state index is 11.7. The van der Waals surface area contributed by atoms with E-state index in [1.54, 1.807) is 18.2 Å². The van der Waals surface area contributed by atoms with Crippen LogP contribution in [-0.4, -0.2) is 14.4 Å². The molecule has 0 bridgehead atoms. The third-order valence-corrected chi connectivity index (χ3v) is 2.47. The molecule has 0 unspecified atom stereocenters. The van der Waals surface area contributed by atoms with Crippen molar-refractivity contribution in [2.75, 3.05) is 0 Å². The number of rotatable bonds is 0. The third-order valence-electron chi connectivity index (χ3n) is 2.47. The molecule has 0 saturated carbocycles. The highest BCUT2D eigenvalue weighted by molar-refractivity contribution is 5.77. The number of benzene rings is 1. The van der Waals surface area contributed by atoms with Gasteiger partial charge in [-0.25, -0.2) is 0 Å². The van der Waals surface area contributed by atoms with Crippen LogP contribution < -0.4 is 11.1 Å². The van der Waals surface area contributed by atoms with Crippen molar-refractivity contribution in [1.82, 2.24) is 14.4 Å². The van der Waals surface area contributed by atoms with E-state index in [-0.39, 0.29) is 16.6 Å². The molecule has 5 nitrogen and oxygen atoms in total. The van der Waals surface area contributed by atoms with Gasteiger partial charge < -0.3 is 4.98 Å². The van der Waals surface area contributed by atoms with Gasteiger partial charge in [-0.05, 0) is 12.1 Å². The van der Waals surface area contributed by atoms with Crippen molar-refractivity contribution in [3.05, 3.63) is 57.4 Å². The monoisotopic (exact) mass is 213 g/mol. The summed E-state index contributed by atoms with van der Waals surface area (Å²) in [6.07, 6.45) is 2.57. The molecule has 0 saturated heterocycles. The summed E-state index contributed by atoms with van der Waals surface area (Å²) in [4.78, 5) is 29.8. The molecule has 3 aromatic rings. The highest BCUT2D eigenvalue weighted by Crippen LogP contribution is 2.08. The second kappa shape index (κ2) is 3.03. The van der Waals surface area contributed by atoms with E-state index in [1.807, 2.05) is 6.07 Å². The lowest BCUT2D eigenvalue weighted by Gasteiger charge is -2.03. The lowest BCUT2D eigenvalue weighted by molar-refractivity contribution is 1.06. The van der Waals surface area contributed by atoms with Crippen molar-refractivity contribution < 1.29 is 0 Å². The summed E-state index contributed by atoms with van der Waals surface area (Å²) in [5.41, 5.74) is 0.938. The first kappa shape index (κ1) is 8.84. The van der Waals surface area contributed by atoms with Crippen LogP contribution in [0.2, 0.25) is 0 Å². The van der Waals surface area contributed by atoms with Crippen LogP contribution in [-0.2, 0) is 0 Å². The molecule has 0 aliphatic heterocycles. The number of hydrogen-bond donors (Lipinski definition) is 1. The van der Waals surface area contributed by atoms with Crippen LogP contribution in [0.3, 0.4) is 0 Å². The lowest BCUT2D eigenvalue weighted by Crippen LogP contribution is -2.21. The molecular weight excluding hydrogens is 206 g/mol. The fourth-order valence-corrected chi connectivity index (χ4v) is 1.78. The van der Waals surface area contributed by atoms with Gasteiger partial charge in [-0.2, -0.15) is 0 Å². The van der Waals surface area contributed by atoms with E-state index in [1.165, 1.54) is 16.8 Å². The topological polar surface area (TPSA) is 67.2 Å². The van der Waals surface area contributed by atoms with Crippen LogP contribution in [0.4, 0.5) is 0 Å². The van der Waals surface area contributed by atoms with Crippen molar-refractivity contribution in [3.63, 3.8) is 0 Å². The van der Waals surface area contributed by atoms with Crippen molar-refractivity contribution in [3.8, 4) is 0 Å². The number of fused-ring (bicyclic) bond motifs is 3. The molecule has 0 fully saturated rings. The Labute approximate surface area is 89.0 Å². The number of nitrogens with one attached hydrogen (secondary N) is 1. The Hall–Kier alpha value is -2.43. The van der Waals surface area contributed by atoms with Gasteiger partial charge in [0.15, 0.2) is 0 Å². The highest BCUT2D eigenvalue weighted by atomic mass is 16.1. The Morgan fingerprint density at radius 1 is 1.06 bits per heavy atom. The second-order valence-electron chi connectivity index (χ2n) is 3.44. The summed E-state index contributed by atoms with van der Waals surface area (Å²) in [6.45, 7) is 0. The number of para-hydroxylation sites is 2. The fourth-order valence-electron chi connectivity index (χ4n) is 1.78. The van der Waals surface area contributed by atoms with Gasteiger partial charge in [0, 0.05) is 0 Å². The van der Waals surface area contributed by atoms with Crippen LogP contribution in [0, 0.1) is 0 Å². The maximum atomic E-state index is 11.7. The largest absolute Gasteiger partial charge is 0.319 e. The number of aromatic amines is 1. The minimum atomic E-state index is -0.316. The van der Waals surface area contributed by atoms with E-state index < -0.39 is 0 Å². The number of aromatic nitrogens is 3. The fraction of sp³-hybridized carbons (Fsp3) is 0. The molecule has 1 aromatic carbocycles. The first-order chi connectivity index (χ1) is 7.77. The molecule has 3 rings (SSSR count). The van der Waals surface area contributed by atoms with Gasteiger partial charge in [0.2, 0.25) is 0 Å². The molecule has 5 heteroatoms. The summed E-state index contributed by atoms with van der Waals surface area (Å²) in [6, 6.07) is 7.14. The second-order valence-corrected chi connectivity index (χ2v) is 3.44. The molecule has 2 heterocycles. The average Bonchev–Trinajstić information content (AvgIpc) is 2.30. The highest BCUT2D eigenvalue weighted by Gasteiger charge is 2.05. The van der Waals surface area contributed by atoms with Crippen LogP contribution in [0.25, 0.3) is 16.6 Å². The maximum Gasteiger partial charge on any atom is 0.274 e. The first-order valence-corrected chi connectivity index (χ1v) is 4.75. The summed E-state index contributed by atoms with van der Waals surface area (Å²) >= 11 is 0. The standard InChI is InChI=1S/C11H7N3O2/c15-10-6-12-5-9-11(16)13-7-3-1-2-4-8(7)14(9)10/h1-6H,(H,13,16). The van der Waals surface area contributed by atoms with E-state index in [9.17, 15) is 9.59 Å². The van der Waals surface area contributed by atoms with Crippen LogP contribution in [0.5, 0.6) is 0 Å². The Kier molecular flexibility index (Phi) is 1.67. The normalized spacial score (nSPS) is 11.0. The quantitative estimate of drug-likeness (QED) is 0.554. The van der Waals surface area contributed by atoms with Crippen LogP contribution >= 0.6 is 0 Å². The Balaban J connectivity index is 2.79. The summed E-state index contributed by atoms with van der Waals surface area (Å²) in [7, 11) is 0. The molecule has 0 aliphatic rings. The molecular formula is C11H7N3O2. The van der Waals surface area contributed by atoms with E-state index in [0.29, 0.717) is 11.0 Å². The van der Waals surface area contributed by atoms with Gasteiger partial charge in [-0.1, -0.05) is 12.1 Å². The van der Waals surface area contributed by atoms with E-state index in [0.717, 1.165) is 0 Å². The summed E-state index contributed by atoms with van der Waals surface area (Å²) < 4.78 is 1.36. The molecule has 78 valence electrons. The van der Waals surface area contributed by atoms with Crippen molar-refractivity contribution in [2.45, 2.75) is 0 Å². The molecule has 1 N–H and O–H groups in total. The zero-order chi connectivity index (χ0) is 11.1. The van der Waals surface area contributed by atoms with Crippen molar-refractivity contribution in [1.29, 1.82) is 0 Å². The Morgan fingerprint density at radius 2 is 1.88 bits per heavy atom. The van der Waals surface area contributed by atoms with E-state index in [2.05, 4.69) is 9.97 Å². The Morgan fingerprint density at radius 3 is 2.75 bits per heavy atom. The number of hydrogen-bond acceptors (Lipinski definition) is 3. The van der Waals surface area contributed by atoms with Crippen molar-refractivity contribution >= 4 is 16.6 Å². The van der Waals surface area contributed by atoms with E-state index >= 15 is 0 Å². The van der Waals surface area contributed by atoms with Gasteiger partial charge in [-0.15, -0.1) is 0 Å². The predicted octanol–water partition coefficient (Wildman–Crippen LogP) is 0.536. The summed E-state index contributed by atoms with van der Waals surface area (Å²) in [5, 5.41) is 0. The summed E-state index contributed by atoms with van der Waals surface area (Å²) in [5.74, 6) is 0.